The van der Waals surface area contributed by atoms with Gasteiger partial charge in [0, 0.05) is 22.4 Å². The van der Waals surface area contributed by atoms with Crippen LogP contribution in [0.4, 0.5) is 5.13 Å². The van der Waals surface area contributed by atoms with Crippen LogP contribution in [0.25, 0.3) is 11.3 Å². The third kappa shape index (κ3) is 3.38. The molecular weight excluding hydrogens is 384 g/mol. The summed E-state index contributed by atoms with van der Waals surface area (Å²) in [6.45, 7) is 0. The van der Waals surface area contributed by atoms with Crippen molar-refractivity contribution in [2.45, 2.75) is 0 Å². The van der Waals surface area contributed by atoms with Gasteiger partial charge in [0.2, 0.25) is 5.13 Å². The van der Waals surface area contributed by atoms with Crippen LogP contribution in [0.3, 0.4) is 0 Å². The fraction of sp³-hybridized carbons (Fsp3) is 0. The number of nitrogens with zero attached hydrogens (tertiary/aromatic N) is 2. The summed E-state index contributed by atoms with van der Waals surface area (Å²) >= 11 is 10.8. The van der Waals surface area contributed by atoms with Crippen LogP contribution < -0.4 is 0 Å². The molecule has 3 aromatic rings. The van der Waals surface area contributed by atoms with Gasteiger partial charge in [-0.1, -0.05) is 47.2 Å². The maximum Gasteiger partial charge on any atom is 0.210 e. The molecule has 0 aliphatic heterocycles. The summed E-state index contributed by atoms with van der Waals surface area (Å²) in [6.07, 6.45) is 1.60. The van der Waals surface area contributed by atoms with E-state index in [0.29, 0.717) is 15.7 Å². The Bertz CT molecular complexity index is 830. The van der Waals surface area contributed by atoms with E-state index in [2.05, 4.69) is 25.9 Å². The lowest BCUT2D eigenvalue weighted by atomic mass is 10.2. The van der Waals surface area contributed by atoms with Gasteiger partial charge < -0.3 is 5.11 Å². The molecule has 0 aliphatic rings. The first-order valence-corrected chi connectivity index (χ1v) is 8.36. The Morgan fingerprint density at radius 3 is 2.59 bits per heavy atom. The molecule has 3 nitrogen and oxygen atoms in total. The summed E-state index contributed by atoms with van der Waals surface area (Å²) in [4.78, 5) is 8.83. The predicted octanol–water partition coefficient (Wildman–Crippen LogP) is 5.68. The van der Waals surface area contributed by atoms with Gasteiger partial charge in [0.05, 0.1) is 9.48 Å². The lowest BCUT2D eigenvalue weighted by molar-refractivity contribution is 0.474. The van der Waals surface area contributed by atoms with Crippen molar-refractivity contribution in [3.8, 4) is 17.0 Å². The number of hydrogen-bond acceptors (Lipinski definition) is 4. The number of aromatic hydroxyl groups is 1. The fourth-order valence-corrected chi connectivity index (χ4v) is 3.39. The Labute approximate surface area is 145 Å². The van der Waals surface area contributed by atoms with Crippen molar-refractivity contribution >= 4 is 50.2 Å². The number of benzene rings is 2. The number of rotatable bonds is 3. The zero-order valence-corrected chi connectivity index (χ0v) is 14.4. The lowest BCUT2D eigenvalue weighted by Crippen LogP contribution is -1.81. The van der Waals surface area contributed by atoms with E-state index in [9.17, 15) is 5.11 Å². The van der Waals surface area contributed by atoms with Gasteiger partial charge in [-0.2, -0.15) is 0 Å². The SMILES string of the molecule is Oc1ccccc1/C=N/c1nc(-c2ccc(Cl)cc2)c(Br)s1. The molecule has 1 aromatic heterocycles. The molecule has 0 radical (unpaired) electrons. The van der Waals surface area contributed by atoms with Gasteiger partial charge in [-0.3, -0.25) is 0 Å². The van der Waals surface area contributed by atoms with E-state index in [-0.39, 0.29) is 5.75 Å². The van der Waals surface area contributed by atoms with Crippen LogP contribution in [0.15, 0.2) is 57.3 Å². The van der Waals surface area contributed by atoms with Crippen molar-refractivity contribution in [3.05, 3.63) is 62.9 Å². The fourth-order valence-electron chi connectivity index (χ4n) is 1.85. The third-order valence-electron chi connectivity index (χ3n) is 2.94. The Kier molecular flexibility index (Phi) is 4.57. The summed E-state index contributed by atoms with van der Waals surface area (Å²) in [7, 11) is 0. The minimum absolute atomic E-state index is 0.194. The first-order valence-electron chi connectivity index (χ1n) is 6.38. The van der Waals surface area contributed by atoms with E-state index in [1.165, 1.54) is 11.3 Å². The first-order chi connectivity index (χ1) is 10.6. The number of aliphatic imine (C=N–C) groups is 1. The number of para-hydroxylation sites is 1. The Morgan fingerprint density at radius 2 is 1.86 bits per heavy atom. The third-order valence-corrected chi connectivity index (χ3v) is 4.81. The smallest absolute Gasteiger partial charge is 0.210 e. The van der Waals surface area contributed by atoms with Gasteiger partial charge >= 0.3 is 0 Å². The Balaban J connectivity index is 1.89. The minimum Gasteiger partial charge on any atom is -0.507 e. The van der Waals surface area contributed by atoms with Crippen LogP contribution in [-0.2, 0) is 0 Å². The summed E-state index contributed by atoms with van der Waals surface area (Å²) in [5.74, 6) is 0.194. The van der Waals surface area contributed by atoms with Gasteiger partial charge in [-0.15, -0.1) is 0 Å². The standard InChI is InChI=1S/C16H10BrClN2OS/c17-15-14(10-5-7-12(18)8-6-10)20-16(22-15)19-9-11-3-1-2-4-13(11)21/h1-9,21H/b19-9+. The molecule has 0 saturated carbocycles. The van der Waals surface area contributed by atoms with E-state index >= 15 is 0 Å². The number of halogens is 2. The summed E-state index contributed by atoms with van der Waals surface area (Å²) in [5.41, 5.74) is 2.45. The summed E-state index contributed by atoms with van der Waals surface area (Å²) in [6, 6.07) is 14.5. The van der Waals surface area contributed by atoms with Crippen molar-refractivity contribution in [3.63, 3.8) is 0 Å². The van der Waals surface area contributed by atoms with Gasteiger partial charge in [0.25, 0.3) is 0 Å². The number of phenolic OH excluding ortho intramolecular Hbond substituents is 1. The molecule has 0 bridgehead atoms. The first kappa shape index (κ1) is 15.2. The number of phenols is 1. The van der Waals surface area contributed by atoms with Crippen LogP contribution in [-0.4, -0.2) is 16.3 Å². The molecule has 0 fully saturated rings. The highest BCUT2D eigenvalue weighted by Gasteiger charge is 2.10. The van der Waals surface area contributed by atoms with Gasteiger partial charge in [-0.25, -0.2) is 9.98 Å². The average Bonchev–Trinajstić information content (AvgIpc) is 2.88. The maximum atomic E-state index is 9.72. The second-order valence-corrected chi connectivity index (χ2v) is 7.17. The zero-order valence-electron chi connectivity index (χ0n) is 11.2. The molecule has 6 heteroatoms. The molecule has 110 valence electrons. The molecule has 0 saturated heterocycles. The number of aromatic nitrogens is 1. The van der Waals surface area contributed by atoms with E-state index in [0.717, 1.165) is 15.0 Å². The van der Waals surface area contributed by atoms with Gasteiger partial charge in [-0.05, 0) is 40.2 Å². The molecule has 0 aliphatic carbocycles. The molecule has 22 heavy (non-hydrogen) atoms. The highest BCUT2D eigenvalue weighted by molar-refractivity contribution is 9.11. The largest absolute Gasteiger partial charge is 0.507 e. The quantitative estimate of drug-likeness (QED) is 0.582. The van der Waals surface area contributed by atoms with Crippen LogP contribution >= 0.6 is 38.9 Å². The molecule has 0 atom stereocenters. The lowest BCUT2D eigenvalue weighted by Gasteiger charge is -1.97. The topological polar surface area (TPSA) is 45.5 Å². The molecule has 0 unspecified atom stereocenters. The monoisotopic (exact) mass is 392 g/mol. The second-order valence-electron chi connectivity index (χ2n) is 4.44. The van der Waals surface area contributed by atoms with E-state index in [1.807, 2.05) is 30.3 Å². The molecule has 1 heterocycles. The van der Waals surface area contributed by atoms with Crippen LogP contribution in [0.1, 0.15) is 5.56 Å². The predicted molar refractivity (Wildman–Crippen MR) is 95.6 cm³/mol. The molecule has 0 spiro atoms. The minimum atomic E-state index is 0.194. The molecule has 0 amide bonds. The average molecular weight is 394 g/mol. The van der Waals surface area contributed by atoms with Crippen molar-refractivity contribution < 1.29 is 5.11 Å². The van der Waals surface area contributed by atoms with E-state index in [1.54, 1.807) is 24.4 Å². The van der Waals surface area contributed by atoms with Crippen molar-refractivity contribution in [1.82, 2.24) is 4.98 Å². The summed E-state index contributed by atoms with van der Waals surface area (Å²) < 4.78 is 0.902. The Hall–Kier alpha value is -1.69. The van der Waals surface area contributed by atoms with Crippen LogP contribution in [0.2, 0.25) is 5.02 Å². The van der Waals surface area contributed by atoms with Crippen LogP contribution in [0.5, 0.6) is 5.75 Å². The molecule has 1 N–H and O–H groups in total. The second kappa shape index (κ2) is 6.60. The molecular formula is C16H10BrClN2OS. The number of hydrogen-bond donors (Lipinski definition) is 1. The van der Waals surface area contributed by atoms with Crippen molar-refractivity contribution in [2.24, 2.45) is 4.99 Å². The van der Waals surface area contributed by atoms with Gasteiger partial charge in [0.1, 0.15) is 5.75 Å². The van der Waals surface area contributed by atoms with Crippen molar-refractivity contribution in [1.29, 1.82) is 0 Å². The van der Waals surface area contributed by atoms with E-state index < -0.39 is 0 Å². The van der Waals surface area contributed by atoms with E-state index in [4.69, 9.17) is 11.6 Å². The highest BCUT2D eigenvalue weighted by atomic mass is 79.9. The van der Waals surface area contributed by atoms with Crippen LogP contribution in [0, 0.1) is 0 Å². The Morgan fingerprint density at radius 1 is 1.14 bits per heavy atom. The summed E-state index contributed by atoms with van der Waals surface area (Å²) in [5, 5.41) is 11.0. The highest BCUT2D eigenvalue weighted by Crippen LogP contribution is 2.37. The molecule has 3 rings (SSSR count). The zero-order chi connectivity index (χ0) is 15.5. The van der Waals surface area contributed by atoms with Crippen molar-refractivity contribution in [2.75, 3.05) is 0 Å². The number of thiazole rings is 1. The van der Waals surface area contributed by atoms with Gasteiger partial charge in [0.15, 0.2) is 0 Å². The normalized spacial score (nSPS) is 11.2. The molecule has 2 aromatic carbocycles. The maximum absolute atomic E-state index is 9.72.